The van der Waals surface area contributed by atoms with Crippen molar-refractivity contribution in [1.82, 2.24) is 0 Å². The molecule has 0 saturated heterocycles. The summed E-state index contributed by atoms with van der Waals surface area (Å²) >= 11 is 3.59. The molecule has 0 aromatic heterocycles. The van der Waals surface area contributed by atoms with Gasteiger partial charge in [0.1, 0.15) is 12.8 Å². The zero-order chi connectivity index (χ0) is 17.2. The van der Waals surface area contributed by atoms with Gasteiger partial charge in [-0.05, 0) is 19.1 Å². The SMILES string of the molecule is CO/N=C(\c1ccccc1)C1(Br)C(=O)N(c2ccccc2)N=C1C. The van der Waals surface area contributed by atoms with Gasteiger partial charge < -0.3 is 4.84 Å². The van der Waals surface area contributed by atoms with E-state index in [-0.39, 0.29) is 5.91 Å². The van der Waals surface area contributed by atoms with E-state index in [9.17, 15) is 4.79 Å². The molecule has 0 saturated carbocycles. The first kappa shape index (κ1) is 16.4. The van der Waals surface area contributed by atoms with E-state index in [4.69, 9.17) is 4.84 Å². The molecule has 122 valence electrons. The summed E-state index contributed by atoms with van der Waals surface area (Å²) in [5.41, 5.74) is 2.55. The van der Waals surface area contributed by atoms with E-state index in [1.54, 1.807) is 6.92 Å². The highest BCUT2D eigenvalue weighted by Crippen LogP contribution is 2.36. The average molecular weight is 386 g/mol. The molecule has 0 bridgehead atoms. The fourth-order valence-corrected chi connectivity index (χ4v) is 3.13. The molecular weight excluding hydrogens is 370 g/mol. The standard InChI is InChI=1S/C18H16BrN3O2/c1-13-18(19,16(21-24-2)14-9-5-3-6-10-14)17(23)22(20-13)15-11-7-4-8-12-15/h3-12H,1-2H3/b21-16+. The second kappa shape index (κ2) is 6.57. The number of amides is 1. The van der Waals surface area contributed by atoms with Gasteiger partial charge in [0.05, 0.1) is 11.4 Å². The lowest BCUT2D eigenvalue weighted by atomic mass is 9.92. The van der Waals surface area contributed by atoms with E-state index in [2.05, 4.69) is 26.2 Å². The van der Waals surface area contributed by atoms with Crippen LogP contribution in [0.25, 0.3) is 0 Å². The molecule has 0 radical (unpaired) electrons. The molecule has 1 aliphatic heterocycles. The van der Waals surface area contributed by atoms with Crippen LogP contribution in [-0.4, -0.2) is 28.8 Å². The average Bonchev–Trinajstić information content (AvgIpc) is 2.86. The maximum absolute atomic E-state index is 13.2. The van der Waals surface area contributed by atoms with E-state index in [1.165, 1.54) is 12.1 Å². The smallest absolute Gasteiger partial charge is 0.276 e. The van der Waals surface area contributed by atoms with E-state index < -0.39 is 4.32 Å². The second-order valence-electron chi connectivity index (χ2n) is 5.28. The quantitative estimate of drug-likeness (QED) is 0.458. The lowest BCUT2D eigenvalue weighted by molar-refractivity contribution is -0.117. The highest BCUT2D eigenvalue weighted by molar-refractivity contribution is 9.11. The van der Waals surface area contributed by atoms with Gasteiger partial charge in [0.2, 0.25) is 0 Å². The summed E-state index contributed by atoms with van der Waals surface area (Å²) in [6.07, 6.45) is 0. The molecule has 5 nitrogen and oxygen atoms in total. The Bertz CT molecular complexity index is 806. The third kappa shape index (κ3) is 2.63. The van der Waals surface area contributed by atoms with E-state index in [0.29, 0.717) is 17.1 Å². The third-order valence-corrected chi connectivity index (χ3v) is 5.08. The largest absolute Gasteiger partial charge is 0.399 e. The minimum absolute atomic E-state index is 0.231. The van der Waals surface area contributed by atoms with Crippen LogP contribution in [0.2, 0.25) is 0 Å². The fourth-order valence-electron chi connectivity index (χ4n) is 2.58. The van der Waals surface area contributed by atoms with Crippen LogP contribution in [0.15, 0.2) is 70.9 Å². The molecule has 1 atom stereocenters. The van der Waals surface area contributed by atoms with Crippen LogP contribution in [0.1, 0.15) is 12.5 Å². The molecule has 1 heterocycles. The number of carbonyl (C=O) groups is 1. The van der Waals surface area contributed by atoms with E-state index >= 15 is 0 Å². The van der Waals surface area contributed by atoms with Gasteiger partial charge in [-0.25, -0.2) is 0 Å². The van der Waals surface area contributed by atoms with Gasteiger partial charge in [0.25, 0.3) is 5.91 Å². The molecule has 24 heavy (non-hydrogen) atoms. The highest BCUT2D eigenvalue weighted by Gasteiger charge is 2.52. The van der Waals surface area contributed by atoms with Gasteiger partial charge in [-0.1, -0.05) is 69.6 Å². The minimum Gasteiger partial charge on any atom is -0.399 e. The van der Waals surface area contributed by atoms with Gasteiger partial charge in [0.15, 0.2) is 4.32 Å². The zero-order valence-corrected chi connectivity index (χ0v) is 14.9. The van der Waals surface area contributed by atoms with Crippen molar-refractivity contribution in [2.24, 2.45) is 10.3 Å². The van der Waals surface area contributed by atoms with Crippen molar-refractivity contribution in [3.05, 3.63) is 66.2 Å². The molecule has 6 heteroatoms. The van der Waals surface area contributed by atoms with E-state index in [1.807, 2.05) is 60.7 Å². The number of alkyl halides is 1. The topological polar surface area (TPSA) is 54.3 Å². The monoisotopic (exact) mass is 385 g/mol. The summed E-state index contributed by atoms with van der Waals surface area (Å²) < 4.78 is -1.17. The maximum Gasteiger partial charge on any atom is 0.276 e. The molecule has 3 rings (SSSR count). The Morgan fingerprint density at radius 2 is 1.71 bits per heavy atom. The lowest BCUT2D eigenvalue weighted by Crippen LogP contribution is -2.47. The number of para-hydroxylation sites is 1. The van der Waals surface area contributed by atoms with Gasteiger partial charge in [-0.3, -0.25) is 4.79 Å². The molecule has 0 N–H and O–H groups in total. The number of hydrogen-bond acceptors (Lipinski definition) is 4. The number of nitrogens with zero attached hydrogens (tertiary/aromatic N) is 3. The molecule has 2 aromatic rings. The van der Waals surface area contributed by atoms with Crippen LogP contribution >= 0.6 is 15.9 Å². The van der Waals surface area contributed by atoms with Crippen LogP contribution in [0.5, 0.6) is 0 Å². The number of hydrazone groups is 1. The molecule has 2 aromatic carbocycles. The second-order valence-corrected chi connectivity index (χ2v) is 6.47. The van der Waals surface area contributed by atoms with Gasteiger partial charge in [0, 0.05) is 5.56 Å². The number of carbonyl (C=O) groups excluding carboxylic acids is 1. The molecule has 1 amide bonds. The molecule has 0 aliphatic carbocycles. The predicted octanol–water partition coefficient (Wildman–Crippen LogP) is 3.59. The Balaban J connectivity index is 2.08. The van der Waals surface area contributed by atoms with Crippen molar-refractivity contribution in [3.63, 3.8) is 0 Å². The number of halogens is 1. The number of anilines is 1. The number of hydrogen-bond donors (Lipinski definition) is 0. The van der Waals surface area contributed by atoms with Crippen molar-refractivity contribution >= 4 is 38.9 Å². The van der Waals surface area contributed by atoms with Crippen molar-refractivity contribution < 1.29 is 9.63 Å². The van der Waals surface area contributed by atoms with Crippen LogP contribution in [0, 0.1) is 0 Å². The number of rotatable bonds is 4. The Kier molecular flexibility index (Phi) is 4.49. The Morgan fingerprint density at radius 3 is 2.29 bits per heavy atom. The molecule has 1 unspecified atom stereocenters. The first-order valence-corrected chi connectivity index (χ1v) is 8.19. The minimum atomic E-state index is -1.17. The molecular formula is C18H16BrN3O2. The van der Waals surface area contributed by atoms with Crippen molar-refractivity contribution in [3.8, 4) is 0 Å². The fraction of sp³-hybridized carbons (Fsp3) is 0.167. The predicted molar refractivity (Wildman–Crippen MR) is 98.7 cm³/mol. The Labute approximate surface area is 148 Å². The summed E-state index contributed by atoms with van der Waals surface area (Å²) in [5, 5.41) is 9.94. The summed E-state index contributed by atoms with van der Waals surface area (Å²) in [5.74, 6) is -0.231. The van der Waals surface area contributed by atoms with Crippen LogP contribution < -0.4 is 5.01 Å². The zero-order valence-electron chi connectivity index (χ0n) is 13.3. The van der Waals surface area contributed by atoms with Crippen molar-refractivity contribution in [2.45, 2.75) is 11.2 Å². The summed E-state index contributed by atoms with van der Waals surface area (Å²) in [4.78, 5) is 18.2. The van der Waals surface area contributed by atoms with Gasteiger partial charge in [-0.15, -0.1) is 0 Å². The number of benzene rings is 2. The van der Waals surface area contributed by atoms with Gasteiger partial charge in [-0.2, -0.15) is 10.1 Å². The van der Waals surface area contributed by atoms with Crippen LogP contribution in [0.3, 0.4) is 0 Å². The van der Waals surface area contributed by atoms with Gasteiger partial charge >= 0.3 is 0 Å². The van der Waals surface area contributed by atoms with Crippen LogP contribution in [0.4, 0.5) is 5.69 Å². The normalized spacial score (nSPS) is 21.0. The van der Waals surface area contributed by atoms with E-state index in [0.717, 1.165) is 5.56 Å². The molecule has 1 aliphatic rings. The Morgan fingerprint density at radius 1 is 1.12 bits per heavy atom. The summed E-state index contributed by atoms with van der Waals surface area (Å²) in [6.45, 7) is 1.80. The maximum atomic E-state index is 13.2. The third-order valence-electron chi connectivity index (χ3n) is 3.79. The number of oxime groups is 1. The van der Waals surface area contributed by atoms with Crippen LogP contribution in [-0.2, 0) is 9.63 Å². The molecule has 0 spiro atoms. The Hall–Kier alpha value is -2.47. The van der Waals surface area contributed by atoms with Crippen molar-refractivity contribution in [1.29, 1.82) is 0 Å². The lowest BCUT2D eigenvalue weighted by Gasteiger charge is -2.23. The summed E-state index contributed by atoms with van der Waals surface area (Å²) in [7, 11) is 1.46. The highest BCUT2D eigenvalue weighted by atomic mass is 79.9. The first-order valence-electron chi connectivity index (χ1n) is 7.40. The summed E-state index contributed by atoms with van der Waals surface area (Å²) in [6, 6.07) is 18.7. The first-order chi connectivity index (χ1) is 11.6. The molecule has 0 fully saturated rings. The van der Waals surface area contributed by atoms with Crippen molar-refractivity contribution in [2.75, 3.05) is 12.1 Å².